The predicted molar refractivity (Wildman–Crippen MR) is 369 cm³/mol. The average molecular weight is 1200 g/mol. The second-order valence-electron chi connectivity index (χ2n) is 24.7. The predicted octanol–water partition coefficient (Wildman–Crippen LogP) is 18.6. The Hall–Kier alpha value is -10.4. The van der Waals surface area contributed by atoms with Gasteiger partial charge in [0, 0.05) is 73.3 Å². The van der Waals surface area contributed by atoms with Gasteiger partial charge in [0.1, 0.15) is 33.6 Å². The number of hydrogen-bond donors (Lipinski definition) is 0. The largest absolute Gasteiger partial charge is 0.493 e. The van der Waals surface area contributed by atoms with E-state index in [9.17, 15) is 0 Å². The number of hydrogen-bond acceptors (Lipinski definition) is 9. The zero-order valence-corrected chi connectivity index (χ0v) is 52.8. The molecule has 0 fully saturated rings. The van der Waals surface area contributed by atoms with Crippen LogP contribution < -0.4 is 29.2 Å². The fourth-order valence-electron chi connectivity index (χ4n) is 11.9. The van der Waals surface area contributed by atoms with E-state index in [0.717, 1.165) is 149 Å². The van der Waals surface area contributed by atoms with Crippen LogP contribution in [0.4, 0.5) is 34.1 Å². The molecular formula is C78H77N11O2. The number of para-hydroxylation sites is 4. The van der Waals surface area contributed by atoms with Crippen molar-refractivity contribution >= 4 is 67.2 Å². The molecule has 13 rings (SSSR count). The van der Waals surface area contributed by atoms with E-state index in [1.165, 1.54) is 0 Å². The Morgan fingerprint density at radius 3 is 1.10 bits per heavy atom. The van der Waals surface area contributed by atoms with Gasteiger partial charge in [-0.1, -0.05) is 188 Å². The summed E-state index contributed by atoms with van der Waals surface area (Å²) in [5, 5.41) is 31.7. The van der Waals surface area contributed by atoms with Crippen LogP contribution in [0.5, 0.6) is 11.5 Å². The zero-order valence-electron chi connectivity index (χ0n) is 52.8. The highest BCUT2D eigenvalue weighted by Crippen LogP contribution is 2.43. The number of aryl methyl sites for hydroxylation is 2. The number of fused-ring (bicyclic) bond motifs is 3. The normalized spacial score (nSPS) is 11.7. The molecule has 13 aromatic rings. The lowest BCUT2D eigenvalue weighted by molar-refractivity contribution is -0.808. The lowest BCUT2D eigenvalue weighted by Gasteiger charge is -2.25. The minimum absolute atomic E-state index is 0.345. The first-order chi connectivity index (χ1) is 44.6. The first-order valence-electron chi connectivity index (χ1n) is 32.1. The molecule has 91 heavy (non-hydrogen) atoms. The van der Waals surface area contributed by atoms with Gasteiger partial charge in [-0.05, 0) is 144 Å². The zero-order chi connectivity index (χ0) is 62.2. The Kier molecular flexibility index (Phi) is 17.8. The van der Waals surface area contributed by atoms with Crippen LogP contribution in [0, 0.1) is 17.8 Å². The second-order valence-corrected chi connectivity index (χ2v) is 24.7. The van der Waals surface area contributed by atoms with E-state index in [4.69, 9.17) is 40.1 Å². The van der Waals surface area contributed by atoms with Crippen LogP contribution in [-0.2, 0) is 19.6 Å². The maximum Gasteiger partial charge on any atom is 0.165 e. The maximum absolute atomic E-state index is 6.13. The van der Waals surface area contributed by atoms with Gasteiger partial charge in [-0.3, -0.25) is 0 Å². The number of aromatic nitrogens is 9. The highest BCUT2D eigenvalue weighted by molar-refractivity contribution is 6.16. The van der Waals surface area contributed by atoms with Crippen molar-refractivity contribution in [1.82, 2.24) is 40.2 Å². The number of rotatable bonds is 25. The Bertz CT molecular complexity index is 4160. The summed E-state index contributed by atoms with van der Waals surface area (Å²) < 4.78 is 12.3. The molecule has 0 aliphatic carbocycles. The Balaban J connectivity index is 0.785. The van der Waals surface area contributed by atoms with Crippen molar-refractivity contribution in [3.05, 3.63) is 231 Å². The molecule has 0 spiro atoms. The van der Waals surface area contributed by atoms with Crippen molar-refractivity contribution in [3.8, 4) is 56.0 Å². The summed E-state index contributed by atoms with van der Waals surface area (Å²) in [6.45, 7) is 16.3. The molecular weight excluding hydrogens is 1120 g/mol. The molecule has 0 aliphatic rings. The van der Waals surface area contributed by atoms with Gasteiger partial charge in [0.05, 0.1) is 26.3 Å². The van der Waals surface area contributed by atoms with Gasteiger partial charge in [-0.2, -0.15) is 45.0 Å². The first-order valence-corrected chi connectivity index (χ1v) is 32.1. The topological polar surface area (TPSA) is 117 Å². The number of ether oxygens (including phenoxy) is 2. The molecule has 0 saturated carbocycles. The molecule has 10 aromatic carbocycles. The first kappa shape index (κ1) is 59.6. The molecule has 3 heterocycles. The monoisotopic (exact) mass is 1200 g/mol. The Morgan fingerprint density at radius 2 is 0.714 bits per heavy atom. The molecule has 0 radical (unpaired) electrons. The van der Waals surface area contributed by atoms with E-state index in [2.05, 4.69) is 258 Å². The van der Waals surface area contributed by atoms with Crippen LogP contribution in [0.1, 0.15) is 67.2 Å². The van der Waals surface area contributed by atoms with Crippen molar-refractivity contribution < 1.29 is 14.3 Å². The van der Waals surface area contributed by atoms with Crippen LogP contribution in [0.25, 0.3) is 77.6 Å². The van der Waals surface area contributed by atoms with Crippen LogP contribution in [0.3, 0.4) is 0 Å². The fourth-order valence-corrected chi connectivity index (χ4v) is 11.9. The third kappa shape index (κ3) is 13.3. The van der Waals surface area contributed by atoms with Gasteiger partial charge in [0.2, 0.25) is 0 Å². The molecule has 0 amide bonds. The minimum atomic E-state index is 0.345. The summed E-state index contributed by atoms with van der Waals surface area (Å²) in [5.74, 6) is 2.82. The summed E-state index contributed by atoms with van der Waals surface area (Å²) in [5.41, 5.74) is 19.4. The number of unbranched alkanes of at least 4 members (excludes halogenated alkanes) is 3. The van der Waals surface area contributed by atoms with Crippen molar-refractivity contribution in [1.29, 1.82) is 0 Å². The van der Waals surface area contributed by atoms with E-state index in [0.29, 0.717) is 50.6 Å². The molecule has 0 bridgehead atoms. The Labute approximate surface area is 533 Å². The van der Waals surface area contributed by atoms with Crippen LogP contribution in [0.15, 0.2) is 231 Å². The van der Waals surface area contributed by atoms with Gasteiger partial charge < -0.3 is 19.3 Å². The van der Waals surface area contributed by atoms with Gasteiger partial charge >= 0.3 is 0 Å². The summed E-state index contributed by atoms with van der Waals surface area (Å²) in [6, 6.07) is 80.7. The minimum Gasteiger partial charge on any atom is -0.493 e. The quantitative estimate of drug-likeness (QED) is 0.0404. The van der Waals surface area contributed by atoms with Crippen molar-refractivity contribution in [3.63, 3.8) is 0 Å². The van der Waals surface area contributed by atoms with Crippen molar-refractivity contribution in [2.24, 2.45) is 17.8 Å². The summed E-state index contributed by atoms with van der Waals surface area (Å²) >= 11 is 0. The molecule has 456 valence electrons. The highest BCUT2D eigenvalue weighted by atomic mass is 16.5. The van der Waals surface area contributed by atoms with Crippen LogP contribution in [0.2, 0.25) is 0 Å². The molecule has 13 heteroatoms. The summed E-state index contributed by atoms with van der Waals surface area (Å²) in [6.07, 6.45) is 3.74. The lowest BCUT2D eigenvalue weighted by atomic mass is 9.95. The van der Waals surface area contributed by atoms with Gasteiger partial charge in [0.25, 0.3) is 0 Å². The number of nitrogens with zero attached hydrogens (tertiary/aromatic N) is 11. The summed E-state index contributed by atoms with van der Waals surface area (Å²) in [4.78, 5) is 10.2. The molecule has 0 unspecified atom stereocenters. The standard InChI is InChI=1S/C78H77N11O2/c1-54(2)51-87-83-77-71(59-35-43-67(44-36-59)90-52-55(3)4)75-76(72(78(77)84-87)60-37-45-68(46-38-60)91-53-56(5)6)82-86(81-75)50-22-8-7-21-49-85-79-73-69(57-31-39-65(40-32-57)88(61-23-13-9-14-24-61)62-25-15-10-16-26-62)47-48-70(74(73)80-85)58-33-41-66(42-34-58)89(63-27-17-11-18-28-63)64-29-19-12-20-30-64/h9-20,23-48,54-56H,7-8,21-22,49-53H2,1-6H3. The fraction of sp³-hybridized carbons (Fsp3) is 0.231. The molecule has 0 aliphatic heterocycles. The van der Waals surface area contributed by atoms with E-state index >= 15 is 0 Å². The van der Waals surface area contributed by atoms with E-state index in [-0.39, 0.29) is 0 Å². The number of anilines is 6. The van der Waals surface area contributed by atoms with Crippen molar-refractivity contribution in [2.75, 3.05) is 23.0 Å². The van der Waals surface area contributed by atoms with Gasteiger partial charge in [-0.25, -0.2) is 0 Å². The lowest BCUT2D eigenvalue weighted by Crippen LogP contribution is -2.42. The molecule has 0 N–H and O–H groups in total. The van der Waals surface area contributed by atoms with E-state index < -0.39 is 0 Å². The van der Waals surface area contributed by atoms with Gasteiger partial charge in [0.15, 0.2) is 6.54 Å². The van der Waals surface area contributed by atoms with Crippen LogP contribution in [-0.4, -0.2) is 48.3 Å². The van der Waals surface area contributed by atoms with E-state index in [1.54, 1.807) is 0 Å². The maximum atomic E-state index is 6.13. The SMILES string of the molecule is CC(C)COc1ccc(-c2c3nn(CCCCCCn4nc5c(-c6ccc(N(c7ccccc7)c7ccccc7)cc6)ccc(-c6ccc(N(c7ccccc7)c7ccccc7)cc6)c5n4)nc3c(-c3ccc(OCC(C)C)cc3)c3[n-][n+](CC(C)C)nc23)cc1. The van der Waals surface area contributed by atoms with Crippen LogP contribution >= 0.6 is 0 Å². The molecule has 13 nitrogen and oxygen atoms in total. The van der Waals surface area contributed by atoms with Gasteiger partial charge in [-0.15, -0.1) is 0 Å². The summed E-state index contributed by atoms with van der Waals surface area (Å²) in [7, 11) is 0. The third-order valence-electron chi connectivity index (χ3n) is 16.2. The average Bonchev–Trinajstić information content (AvgIpc) is 1.65. The Morgan fingerprint density at radius 1 is 0.363 bits per heavy atom. The second kappa shape index (κ2) is 27.1. The third-order valence-corrected chi connectivity index (χ3v) is 16.2. The number of benzene rings is 10. The van der Waals surface area contributed by atoms with E-state index in [1.807, 2.05) is 38.7 Å². The molecule has 3 aromatic heterocycles. The highest BCUT2D eigenvalue weighted by Gasteiger charge is 2.25. The molecule has 0 saturated heterocycles. The van der Waals surface area contributed by atoms with Crippen molar-refractivity contribution in [2.45, 2.75) is 86.9 Å². The smallest absolute Gasteiger partial charge is 0.165 e. The molecule has 0 atom stereocenters.